The molecule has 5 nitrogen and oxygen atoms in total. The van der Waals surface area contributed by atoms with Crippen molar-refractivity contribution in [3.8, 4) is 0 Å². The maximum absolute atomic E-state index is 11.5. The quantitative estimate of drug-likeness (QED) is 0.825. The van der Waals surface area contributed by atoms with E-state index in [1.807, 2.05) is 13.8 Å². The Morgan fingerprint density at radius 3 is 2.88 bits per heavy atom. The number of rotatable bonds is 2. The predicted octanol–water partition coefficient (Wildman–Crippen LogP) is 0.605. The van der Waals surface area contributed by atoms with Crippen LogP contribution < -0.4 is 5.32 Å². The van der Waals surface area contributed by atoms with E-state index in [1.54, 1.807) is 0 Å². The molecule has 0 bridgehead atoms. The monoisotopic (exact) mass is 244 g/mol. The molecule has 1 fully saturated rings. The van der Waals surface area contributed by atoms with Gasteiger partial charge in [0.05, 0.1) is 23.2 Å². The molecule has 1 aliphatic rings. The van der Waals surface area contributed by atoms with Crippen molar-refractivity contribution >= 4 is 9.84 Å². The second-order valence-corrected chi connectivity index (χ2v) is 6.26. The molecule has 2 heterocycles. The standard InChI is InChI=1S/C10H16N2O3S/c1-3-9-7(2)12-10(15-9)8-6-16(13,14)5-4-11-8/h8,11H,3-6H2,1-2H3. The number of hydrogen-bond acceptors (Lipinski definition) is 5. The van der Waals surface area contributed by atoms with Crippen LogP contribution in [0.25, 0.3) is 0 Å². The van der Waals surface area contributed by atoms with E-state index >= 15 is 0 Å². The summed E-state index contributed by atoms with van der Waals surface area (Å²) in [6.45, 7) is 4.33. The number of hydrogen-bond donors (Lipinski definition) is 1. The lowest BCUT2D eigenvalue weighted by atomic mass is 10.3. The van der Waals surface area contributed by atoms with Crippen molar-refractivity contribution < 1.29 is 12.8 Å². The largest absolute Gasteiger partial charge is 0.444 e. The molecule has 1 saturated heterocycles. The minimum atomic E-state index is -2.95. The Morgan fingerprint density at radius 2 is 2.31 bits per heavy atom. The van der Waals surface area contributed by atoms with Crippen molar-refractivity contribution in [2.24, 2.45) is 0 Å². The minimum absolute atomic E-state index is 0.0795. The van der Waals surface area contributed by atoms with E-state index < -0.39 is 9.84 Å². The average Bonchev–Trinajstić information content (AvgIpc) is 2.58. The highest BCUT2D eigenvalue weighted by Gasteiger charge is 2.29. The maximum atomic E-state index is 11.5. The molecular weight excluding hydrogens is 228 g/mol. The van der Waals surface area contributed by atoms with Gasteiger partial charge in [0.2, 0.25) is 5.89 Å². The Morgan fingerprint density at radius 1 is 1.56 bits per heavy atom. The molecule has 1 atom stereocenters. The summed E-state index contributed by atoms with van der Waals surface area (Å²) in [7, 11) is -2.95. The van der Waals surface area contributed by atoms with Gasteiger partial charge in [0.1, 0.15) is 5.76 Å². The highest BCUT2D eigenvalue weighted by atomic mass is 32.2. The van der Waals surface area contributed by atoms with Crippen LogP contribution in [0.15, 0.2) is 4.42 Å². The molecule has 0 amide bonds. The first kappa shape index (κ1) is 11.6. The molecule has 1 N–H and O–H groups in total. The topological polar surface area (TPSA) is 72.2 Å². The highest BCUT2D eigenvalue weighted by molar-refractivity contribution is 7.91. The fourth-order valence-electron chi connectivity index (χ4n) is 1.87. The van der Waals surface area contributed by atoms with Crippen molar-refractivity contribution in [2.75, 3.05) is 18.1 Å². The molecule has 0 radical (unpaired) electrons. The van der Waals surface area contributed by atoms with Crippen LogP contribution in [0.1, 0.15) is 30.3 Å². The molecule has 0 aromatic carbocycles. The number of aromatic nitrogens is 1. The molecule has 1 aromatic rings. The van der Waals surface area contributed by atoms with Crippen LogP contribution in [0, 0.1) is 6.92 Å². The lowest BCUT2D eigenvalue weighted by Crippen LogP contribution is -2.39. The lowest BCUT2D eigenvalue weighted by molar-refractivity contribution is 0.394. The van der Waals surface area contributed by atoms with E-state index in [9.17, 15) is 8.42 Å². The van der Waals surface area contributed by atoms with Gasteiger partial charge >= 0.3 is 0 Å². The zero-order valence-corrected chi connectivity index (χ0v) is 10.3. The van der Waals surface area contributed by atoms with Crippen molar-refractivity contribution in [3.05, 3.63) is 17.3 Å². The van der Waals surface area contributed by atoms with Gasteiger partial charge in [0.25, 0.3) is 0 Å². The molecular formula is C10H16N2O3S. The van der Waals surface area contributed by atoms with Crippen LogP contribution in [0.4, 0.5) is 0 Å². The van der Waals surface area contributed by atoms with E-state index in [-0.39, 0.29) is 17.5 Å². The third kappa shape index (κ3) is 2.27. The maximum Gasteiger partial charge on any atom is 0.212 e. The second-order valence-electron chi connectivity index (χ2n) is 4.04. The van der Waals surface area contributed by atoms with Crippen LogP contribution in [-0.2, 0) is 16.3 Å². The molecule has 90 valence electrons. The second kappa shape index (κ2) is 4.18. The molecule has 2 rings (SSSR count). The third-order valence-corrected chi connectivity index (χ3v) is 4.42. The van der Waals surface area contributed by atoms with Crippen molar-refractivity contribution in [1.82, 2.24) is 10.3 Å². The first-order valence-electron chi connectivity index (χ1n) is 5.42. The zero-order chi connectivity index (χ0) is 11.8. The van der Waals surface area contributed by atoms with Gasteiger partial charge in [-0.05, 0) is 6.92 Å². The molecule has 1 aliphatic heterocycles. The third-order valence-electron chi connectivity index (χ3n) is 2.75. The van der Waals surface area contributed by atoms with E-state index in [1.165, 1.54) is 0 Å². The van der Waals surface area contributed by atoms with Gasteiger partial charge in [-0.2, -0.15) is 0 Å². The number of aryl methyl sites for hydroxylation is 2. The predicted molar refractivity (Wildman–Crippen MR) is 60.0 cm³/mol. The molecule has 6 heteroatoms. The summed E-state index contributed by atoms with van der Waals surface area (Å²) in [5.74, 6) is 1.61. The Kier molecular flexibility index (Phi) is 3.03. The summed E-state index contributed by atoms with van der Waals surface area (Å²) in [5.41, 5.74) is 0.849. The number of nitrogens with one attached hydrogen (secondary N) is 1. The zero-order valence-electron chi connectivity index (χ0n) is 9.49. The summed E-state index contributed by atoms with van der Waals surface area (Å²) in [6, 6.07) is -0.294. The number of sulfone groups is 1. The fraction of sp³-hybridized carbons (Fsp3) is 0.700. The van der Waals surface area contributed by atoms with Crippen LogP contribution in [0.2, 0.25) is 0 Å². The van der Waals surface area contributed by atoms with Gasteiger partial charge in [-0.3, -0.25) is 0 Å². The first-order valence-corrected chi connectivity index (χ1v) is 7.24. The summed E-state index contributed by atoms with van der Waals surface area (Å²) in [6.07, 6.45) is 0.776. The van der Waals surface area contributed by atoms with E-state index in [4.69, 9.17) is 4.42 Å². The molecule has 16 heavy (non-hydrogen) atoms. The van der Waals surface area contributed by atoms with E-state index in [0.29, 0.717) is 12.4 Å². The van der Waals surface area contributed by atoms with Crippen LogP contribution >= 0.6 is 0 Å². The lowest BCUT2D eigenvalue weighted by Gasteiger charge is -2.20. The van der Waals surface area contributed by atoms with Gasteiger partial charge in [-0.1, -0.05) is 6.92 Å². The molecule has 1 unspecified atom stereocenters. The van der Waals surface area contributed by atoms with Crippen LogP contribution in [-0.4, -0.2) is 31.5 Å². The summed E-state index contributed by atoms with van der Waals surface area (Å²) >= 11 is 0. The first-order chi connectivity index (χ1) is 7.52. The molecule has 0 saturated carbocycles. The Bertz CT molecular complexity index is 478. The number of oxazole rings is 1. The average molecular weight is 244 g/mol. The van der Waals surface area contributed by atoms with Gasteiger partial charge in [-0.15, -0.1) is 0 Å². The Hall–Kier alpha value is -0.880. The molecule has 0 aliphatic carbocycles. The van der Waals surface area contributed by atoms with Crippen molar-refractivity contribution in [2.45, 2.75) is 26.3 Å². The van der Waals surface area contributed by atoms with Gasteiger partial charge in [-0.25, -0.2) is 13.4 Å². The summed E-state index contributed by atoms with van der Waals surface area (Å²) < 4.78 is 28.5. The minimum Gasteiger partial charge on any atom is -0.444 e. The van der Waals surface area contributed by atoms with Gasteiger partial charge in [0.15, 0.2) is 9.84 Å². The summed E-state index contributed by atoms with van der Waals surface area (Å²) in [4.78, 5) is 4.28. The molecule has 0 spiro atoms. The molecule has 1 aromatic heterocycles. The Balaban J connectivity index is 2.23. The smallest absolute Gasteiger partial charge is 0.212 e. The van der Waals surface area contributed by atoms with Crippen molar-refractivity contribution in [3.63, 3.8) is 0 Å². The van der Waals surface area contributed by atoms with Gasteiger partial charge in [0, 0.05) is 13.0 Å². The summed E-state index contributed by atoms with van der Waals surface area (Å²) in [5, 5.41) is 3.12. The highest BCUT2D eigenvalue weighted by Crippen LogP contribution is 2.21. The van der Waals surface area contributed by atoms with Crippen LogP contribution in [0.5, 0.6) is 0 Å². The normalized spacial score (nSPS) is 24.5. The van der Waals surface area contributed by atoms with E-state index in [2.05, 4.69) is 10.3 Å². The SMILES string of the molecule is CCc1oc(C2CS(=O)(=O)CCN2)nc1C. The fourth-order valence-corrected chi connectivity index (χ4v) is 3.23. The van der Waals surface area contributed by atoms with Gasteiger partial charge < -0.3 is 9.73 Å². The number of nitrogens with zero attached hydrogens (tertiary/aromatic N) is 1. The van der Waals surface area contributed by atoms with Crippen LogP contribution in [0.3, 0.4) is 0 Å². The van der Waals surface area contributed by atoms with Crippen molar-refractivity contribution in [1.29, 1.82) is 0 Å². The van der Waals surface area contributed by atoms with E-state index in [0.717, 1.165) is 17.9 Å². The Labute approximate surface area is 95.2 Å².